The van der Waals surface area contributed by atoms with Gasteiger partial charge in [-0.1, -0.05) is 24.2 Å². The molecule has 0 radical (unpaired) electrons. The molecule has 1 amide bonds. The summed E-state index contributed by atoms with van der Waals surface area (Å²) in [6, 6.07) is 3.23. The van der Waals surface area contributed by atoms with Crippen LogP contribution in [0.25, 0.3) is 11.4 Å². The maximum atomic E-state index is 12.3. The van der Waals surface area contributed by atoms with Crippen molar-refractivity contribution in [3.8, 4) is 11.4 Å². The van der Waals surface area contributed by atoms with Crippen molar-refractivity contribution in [2.75, 3.05) is 5.75 Å². The second-order valence-electron chi connectivity index (χ2n) is 6.20. The van der Waals surface area contributed by atoms with Gasteiger partial charge in [0, 0.05) is 24.9 Å². The number of rotatable bonds is 8. The normalized spacial score (nSPS) is 12.3. The number of hydrogen-bond donors (Lipinski definition) is 1. The summed E-state index contributed by atoms with van der Waals surface area (Å²) in [4.78, 5) is 24.8. The first-order chi connectivity index (χ1) is 13.0. The number of nitrogens with one attached hydrogen (secondary N) is 1. The molecule has 0 spiro atoms. The van der Waals surface area contributed by atoms with Crippen LogP contribution in [-0.4, -0.2) is 36.9 Å². The standard InChI is InChI=1S/C17H20N6O3S/c1-10(2)15(17-21-16(23-26-17)12-4-6-18-7-5-12)20-14(24)9-27-8-13-19-11(3)25-22-13/h4-7,10,15H,8-9H2,1-3H3,(H,20,24). The van der Waals surface area contributed by atoms with Crippen molar-refractivity contribution in [2.24, 2.45) is 5.92 Å². The first-order valence-electron chi connectivity index (χ1n) is 8.43. The van der Waals surface area contributed by atoms with E-state index in [1.165, 1.54) is 11.8 Å². The fourth-order valence-corrected chi connectivity index (χ4v) is 3.01. The quantitative estimate of drug-likeness (QED) is 0.620. The summed E-state index contributed by atoms with van der Waals surface area (Å²) in [5, 5.41) is 10.8. The zero-order chi connectivity index (χ0) is 19.2. The Morgan fingerprint density at radius 2 is 1.96 bits per heavy atom. The summed E-state index contributed by atoms with van der Waals surface area (Å²) in [5.74, 6) is 2.66. The Labute approximate surface area is 160 Å². The first kappa shape index (κ1) is 19.0. The Morgan fingerprint density at radius 1 is 1.19 bits per heavy atom. The zero-order valence-corrected chi connectivity index (χ0v) is 16.1. The van der Waals surface area contributed by atoms with E-state index in [1.807, 2.05) is 13.8 Å². The third kappa shape index (κ3) is 5.13. The van der Waals surface area contributed by atoms with Crippen LogP contribution in [0.3, 0.4) is 0 Å². The van der Waals surface area contributed by atoms with Crippen LogP contribution in [0.2, 0.25) is 0 Å². The summed E-state index contributed by atoms with van der Waals surface area (Å²) >= 11 is 1.41. The molecule has 27 heavy (non-hydrogen) atoms. The van der Waals surface area contributed by atoms with E-state index in [-0.39, 0.29) is 23.6 Å². The highest BCUT2D eigenvalue weighted by Gasteiger charge is 2.25. The van der Waals surface area contributed by atoms with Gasteiger partial charge in [0.1, 0.15) is 6.04 Å². The topological polar surface area (TPSA) is 120 Å². The van der Waals surface area contributed by atoms with E-state index in [1.54, 1.807) is 31.5 Å². The number of nitrogens with zero attached hydrogens (tertiary/aromatic N) is 5. The predicted molar refractivity (Wildman–Crippen MR) is 98.4 cm³/mol. The van der Waals surface area contributed by atoms with Crippen LogP contribution in [0, 0.1) is 12.8 Å². The molecule has 0 aliphatic rings. The molecule has 3 aromatic heterocycles. The van der Waals surface area contributed by atoms with Gasteiger partial charge in [-0.15, -0.1) is 11.8 Å². The monoisotopic (exact) mass is 388 g/mol. The largest absolute Gasteiger partial charge is 0.343 e. The van der Waals surface area contributed by atoms with Crippen LogP contribution in [0.4, 0.5) is 0 Å². The molecule has 3 aromatic rings. The molecule has 1 atom stereocenters. The van der Waals surface area contributed by atoms with E-state index in [2.05, 4.69) is 30.6 Å². The van der Waals surface area contributed by atoms with Crippen molar-refractivity contribution in [1.82, 2.24) is 30.6 Å². The molecule has 9 nitrogen and oxygen atoms in total. The molecule has 0 fully saturated rings. The van der Waals surface area contributed by atoms with Crippen LogP contribution in [0.1, 0.15) is 37.5 Å². The SMILES string of the molecule is Cc1nc(CSCC(=O)NC(c2nc(-c3ccncc3)no2)C(C)C)no1. The van der Waals surface area contributed by atoms with Crippen LogP contribution < -0.4 is 5.32 Å². The van der Waals surface area contributed by atoms with Gasteiger partial charge in [-0.3, -0.25) is 9.78 Å². The number of aryl methyl sites for hydroxylation is 1. The lowest BCUT2D eigenvalue weighted by Crippen LogP contribution is -2.33. The predicted octanol–water partition coefficient (Wildman–Crippen LogP) is 2.57. The van der Waals surface area contributed by atoms with Gasteiger partial charge in [0.2, 0.25) is 23.5 Å². The Balaban J connectivity index is 1.58. The van der Waals surface area contributed by atoms with Crippen molar-refractivity contribution < 1.29 is 13.8 Å². The summed E-state index contributed by atoms with van der Waals surface area (Å²) < 4.78 is 10.3. The number of pyridine rings is 1. The lowest BCUT2D eigenvalue weighted by Gasteiger charge is -2.18. The number of amides is 1. The van der Waals surface area contributed by atoms with Crippen molar-refractivity contribution in [3.63, 3.8) is 0 Å². The summed E-state index contributed by atoms with van der Waals surface area (Å²) in [7, 11) is 0. The number of hydrogen-bond acceptors (Lipinski definition) is 9. The molecular weight excluding hydrogens is 368 g/mol. The Morgan fingerprint density at radius 3 is 2.63 bits per heavy atom. The van der Waals surface area contributed by atoms with Crippen molar-refractivity contribution >= 4 is 17.7 Å². The lowest BCUT2D eigenvalue weighted by molar-refractivity contribution is -0.119. The van der Waals surface area contributed by atoms with Crippen molar-refractivity contribution in [1.29, 1.82) is 0 Å². The van der Waals surface area contributed by atoms with Crippen molar-refractivity contribution in [3.05, 3.63) is 42.1 Å². The lowest BCUT2D eigenvalue weighted by atomic mass is 10.0. The summed E-state index contributed by atoms with van der Waals surface area (Å²) in [6.07, 6.45) is 3.32. The van der Waals surface area contributed by atoms with E-state index in [0.29, 0.717) is 29.2 Å². The highest BCUT2D eigenvalue weighted by Crippen LogP contribution is 2.23. The number of aromatic nitrogens is 5. The zero-order valence-electron chi connectivity index (χ0n) is 15.2. The van der Waals surface area contributed by atoms with E-state index in [9.17, 15) is 4.79 Å². The molecule has 0 aliphatic heterocycles. The molecule has 1 unspecified atom stereocenters. The molecule has 3 rings (SSSR count). The molecule has 0 aliphatic carbocycles. The van der Waals surface area contributed by atoms with Gasteiger partial charge in [0.25, 0.3) is 0 Å². The minimum atomic E-state index is -0.367. The molecule has 1 N–H and O–H groups in total. The average molecular weight is 388 g/mol. The third-order valence-corrected chi connectivity index (χ3v) is 4.59. The van der Waals surface area contributed by atoms with E-state index >= 15 is 0 Å². The highest BCUT2D eigenvalue weighted by atomic mass is 32.2. The molecule has 0 saturated carbocycles. The van der Waals surface area contributed by atoms with Crippen LogP contribution in [0.5, 0.6) is 0 Å². The van der Waals surface area contributed by atoms with Gasteiger partial charge in [0.15, 0.2) is 5.82 Å². The number of thioether (sulfide) groups is 1. The van der Waals surface area contributed by atoms with Crippen molar-refractivity contribution in [2.45, 2.75) is 32.6 Å². The molecule has 0 bridgehead atoms. The molecule has 0 saturated heterocycles. The maximum absolute atomic E-state index is 12.3. The van der Waals surface area contributed by atoms with E-state index < -0.39 is 0 Å². The summed E-state index contributed by atoms with van der Waals surface area (Å²) in [5.41, 5.74) is 0.805. The third-order valence-electron chi connectivity index (χ3n) is 3.66. The average Bonchev–Trinajstić information content (AvgIpc) is 3.29. The minimum absolute atomic E-state index is 0.0875. The van der Waals surface area contributed by atoms with E-state index in [4.69, 9.17) is 9.05 Å². The molecule has 0 aromatic carbocycles. The Hall–Kier alpha value is -2.75. The maximum Gasteiger partial charge on any atom is 0.249 e. The van der Waals surface area contributed by atoms with Gasteiger partial charge in [-0.2, -0.15) is 9.97 Å². The fraction of sp³-hybridized carbons (Fsp3) is 0.412. The molecular formula is C17H20N6O3S. The minimum Gasteiger partial charge on any atom is -0.343 e. The van der Waals surface area contributed by atoms with E-state index in [0.717, 1.165) is 5.56 Å². The van der Waals surface area contributed by atoms with Gasteiger partial charge in [-0.05, 0) is 18.1 Å². The van der Waals surface area contributed by atoms with Crippen LogP contribution >= 0.6 is 11.8 Å². The molecule has 142 valence electrons. The number of carbonyl (C=O) groups is 1. The summed E-state index contributed by atoms with van der Waals surface area (Å²) in [6.45, 7) is 5.69. The molecule has 3 heterocycles. The van der Waals surface area contributed by atoms with Gasteiger partial charge < -0.3 is 14.4 Å². The van der Waals surface area contributed by atoms with Gasteiger partial charge >= 0.3 is 0 Å². The fourth-order valence-electron chi connectivity index (χ4n) is 2.34. The van der Waals surface area contributed by atoms with Gasteiger partial charge in [-0.25, -0.2) is 0 Å². The van der Waals surface area contributed by atoms with Gasteiger partial charge in [0.05, 0.1) is 11.5 Å². The Bertz CT molecular complexity index is 880. The Kier molecular flexibility index (Phi) is 6.17. The second kappa shape index (κ2) is 8.76. The van der Waals surface area contributed by atoms with Crippen LogP contribution in [-0.2, 0) is 10.5 Å². The first-order valence-corrected chi connectivity index (χ1v) is 9.58. The second-order valence-corrected chi connectivity index (χ2v) is 7.19. The smallest absolute Gasteiger partial charge is 0.249 e. The van der Waals surface area contributed by atoms with Crippen LogP contribution in [0.15, 0.2) is 33.6 Å². The number of carbonyl (C=O) groups excluding carboxylic acids is 1. The molecule has 10 heteroatoms. The highest BCUT2D eigenvalue weighted by molar-refractivity contribution is 7.99.